The molecule has 12 heteroatoms. The molecule has 1 aliphatic carbocycles. The maximum Gasteiger partial charge on any atom is 0.433 e. The fraction of sp³-hybridized carbons (Fsp3) is 0.385. The monoisotopic (exact) mass is 526 g/mol. The first-order valence-electron chi connectivity index (χ1n) is 12.4. The van der Waals surface area contributed by atoms with Gasteiger partial charge in [-0.1, -0.05) is 0 Å². The number of nitrogens with zero attached hydrogens (tertiary/aromatic N) is 5. The Kier molecular flexibility index (Phi) is 5.04. The van der Waals surface area contributed by atoms with Crippen molar-refractivity contribution in [2.75, 3.05) is 6.61 Å². The highest BCUT2D eigenvalue weighted by Gasteiger charge is 2.49. The number of aliphatic imine (C=N–C) groups is 2. The number of nitrogens with one attached hydrogen (secondary N) is 1. The summed E-state index contributed by atoms with van der Waals surface area (Å²) in [4.78, 5) is 29.8. The molecule has 38 heavy (non-hydrogen) atoms. The minimum Gasteiger partial charge on any atom is -0.493 e. The van der Waals surface area contributed by atoms with Crippen molar-refractivity contribution in [3.63, 3.8) is 0 Å². The van der Waals surface area contributed by atoms with E-state index in [9.17, 15) is 22.4 Å². The largest absolute Gasteiger partial charge is 0.493 e. The van der Waals surface area contributed by atoms with Crippen LogP contribution in [-0.4, -0.2) is 57.7 Å². The molecule has 1 aromatic carbocycles. The van der Waals surface area contributed by atoms with Crippen LogP contribution in [0.5, 0.6) is 5.75 Å². The number of fused-ring (bicyclic) bond motifs is 3. The molecular weight excluding hydrogens is 504 g/mol. The van der Waals surface area contributed by atoms with Crippen molar-refractivity contribution in [1.29, 1.82) is 0 Å². The van der Waals surface area contributed by atoms with E-state index in [1.807, 2.05) is 0 Å². The van der Waals surface area contributed by atoms with Gasteiger partial charge in [-0.2, -0.15) is 13.2 Å². The number of halogens is 4. The molecule has 5 heterocycles. The number of pyridine rings is 1. The highest BCUT2D eigenvalue weighted by atomic mass is 19.4. The summed E-state index contributed by atoms with van der Waals surface area (Å²) in [6.07, 6.45) is 1.99. The normalized spacial score (nSPS) is 24.8. The lowest BCUT2D eigenvalue weighted by atomic mass is 9.87. The van der Waals surface area contributed by atoms with Gasteiger partial charge in [0.1, 0.15) is 17.3 Å². The summed E-state index contributed by atoms with van der Waals surface area (Å²) in [5.41, 5.74) is 1.75. The van der Waals surface area contributed by atoms with E-state index in [2.05, 4.69) is 20.3 Å². The van der Waals surface area contributed by atoms with E-state index < -0.39 is 24.0 Å². The second kappa shape index (κ2) is 8.27. The van der Waals surface area contributed by atoms with Gasteiger partial charge in [-0.25, -0.2) is 9.38 Å². The predicted molar refractivity (Wildman–Crippen MR) is 129 cm³/mol. The van der Waals surface area contributed by atoms with Gasteiger partial charge >= 0.3 is 6.18 Å². The molecule has 2 atom stereocenters. The van der Waals surface area contributed by atoms with E-state index in [0.29, 0.717) is 47.0 Å². The molecule has 1 amide bonds. The number of benzene rings is 1. The summed E-state index contributed by atoms with van der Waals surface area (Å²) in [6.45, 7) is 0.584. The van der Waals surface area contributed by atoms with Gasteiger partial charge in [-0.15, -0.1) is 0 Å². The van der Waals surface area contributed by atoms with Crippen molar-refractivity contribution in [3.8, 4) is 5.75 Å². The van der Waals surface area contributed by atoms with Crippen LogP contribution in [-0.2, 0) is 30.5 Å². The standard InChI is InChI=1S/C26H22F4N6O2/c27-19-3-4-20-15(5-6-38-20)17(19)9-32-25-33-10-18-16-8-31-21(26(28,29)30)7-13(16)11-35(14-1-2-14)24(37)22-23(18)36(25)12-34-22/h3-4,7-8,10,12,14,22-23H,1-2,5-6,9,11H2,(H,32,33). The number of guanidine groups is 1. The first-order valence-corrected chi connectivity index (χ1v) is 12.4. The smallest absolute Gasteiger partial charge is 0.433 e. The number of carbonyl (C=O) groups is 1. The molecule has 1 aromatic heterocycles. The Labute approximate surface area is 214 Å². The summed E-state index contributed by atoms with van der Waals surface area (Å²) >= 11 is 0. The third kappa shape index (κ3) is 3.64. The lowest BCUT2D eigenvalue weighted by Crippen LogP contribution is -2.55. The molecule has 2 unspecified atom stereocenters. The quantitative estimate of drug-likeness (QED) is 0.621. The molecule has 4 aliphatic heterocycles. The van der Waals surface area contributed by atoms with Crippen LogP contribution in [0.2, 0.25) is 0 Å². The van der Waals surface area contributed by atoms with Gasteiger partial charge < -0.3 is 15.0 Å². The SMILES string of the molecule is O=C1C2N=CN3C(=NCc4c(F)ccc5c4CCO5)NC=C(c4cnc(C(F)(F)F)cc4CN1C1CC1)C23. The average Bonchev–Trinajstić information content (AvgIpc) is 3.44. The van der Waals surface area contributed by atoms with Gasteiger partial charge in [0, 0.05) is 53.7 Å². The molecule has 0 spiro atoms. The number of rotatable bonds is 3. The molecule has 1 fully saturated rings. The van der Waals surface area contributed by atoms with Gasteiger partial charge in [-0.3, -0.25) is 19.7 Å². The van der Waals surface area contributed by atoms with Crippen LogP contribution in [0.1, 0.15) is 40.8 Å². The highest BCUT2D eigenvalue weighted by Crippen LogP contribution is 2.40. The van der Waals surface area contributed by atoms with E-state index in [0.717, 1.165) is 24.5 Å². The lowest BCUT2D eigenvalue weighted by molar-refractivity contribution is -0.141. The van der Waals surface area contributed by atoms with Crippen LogP contribution < -0.4 is 10.1 Å². The third-order valence-corrected chi connectivity index (χ3v) is 7.65. The Balaban J connectivity index is 1.29. The predicted octanol–water partition coefficient (Wildman–Crippen LogP) is 3.26. The topological polar surface area (TPSA) is 82.4 Å². The van der Waals surface area contributed by atoms with Gasteiger partial charge in [0.15, 0.2) is 6.04 Å². The summed E-state index contributed by atoms with van der Waals surface area (Å²) in [5.74, 6) is 0.411. The maximum absolute atomic E-state index is 14.7. The van der Waals surface area contributed by atoms with E-state index in [1.54, 1.807) is 22.1 Å². The number of alkyl halides is 3. The number of hydrogen-bond donors (Lipinski definition) is 1. The minimum absolute atomic E-state index is 0.0205. The van der Waals surface area contributed by atoms with Crippen molar-refractivity contribution in [2.45, 2.75) is 56.7 Å². The van der Waals surface area contributed by atoms with E-state index >= 15 is 0 Å². The van der Waals surface area contributed by atoms with E-state index in [1.165, 1.54) is 18.6 Å². The summed E-state index contributed by atoms with van der Waals surface area (Å²) in [7, 11) is 0. The lowest BCUT2D eigenvalue weighted by Gasteiger charge is -2.38. The summed E-state index contributed by atoms with van der Waals surface area (Å²) < 4.78 is 60.7. The fourth-order valence-corrected chi connectivity index (χ4v) is 5.63. The van der Waals surface area contributed by atoms with Crippen molar-refractivity contribution in [1.82, 2.24) is 20.1 Å². The molecule has 0 saturated heterocycles. The summed E-state index contributed by atoms with van der Waals surface area (Å²) in [6, 6.07) is 2.59. The second-order valence-corrected chi connectivity index (χ2v) is 9.97. The molecular formula is C26H22F4N6O2. The van der Waals surface area contributed by atoms with Crippen molar-refractivity contribution < 1.29 is 27.1 Å². The molecule has 0 bridgehead atoms. The Hall–Kier alpha value is -3.96. The molecule has 1 saturated carbocycles. The number of aromatic nitrogens is 1. The van der Waals surface area contributed by atoms with Crippen LogP contribution in [0.15, 0.2) is 40.6 Å². The Morgan fingerprint density at radius 2 is 2.08 bits per heavy atom. The van der Waals surface area contributed by atoms with Crippen LogP contribution in [0.4, 0.5) is 17.6 Å². The van der Waals surface area contributed by atoms with Gasteiger partial charge in [0.05, 0.1) is 25.5 Å². The Morgan fingerprint density at radius 1 is 1.24 bits per heavy atom. The van der Waals surface area contributed by atoms with Crippen molar-refractivity contribution >= 4 is 23.8 Å². The fourth-order valence-electron chi connectivity index (χ4n) is 5.63. The molecule has 7 rings (SSSR count). The molecule has 2 aromatic rings. The van der Waals surface area contributed by atoms with E-state index in [4.69, 9.17) is 4.74 Å². The molecule has 1 N–H and O–H groups in total. The van der Waals surface area contributed by atoms with Crippen LogP contribution in [0.3, 0.4) is 0 Å². The number of ether oxygens (including phenoxy) is 1. The van der Waals surface area contributed by atoms with Crippen molar-refractivity contribution in [2.24, 2.45) is 9.98 Å². The maximum atomic E-state index is 14.7. The number of amides is 1. The highest BCUT2D eigenvalue weighted by molar-refractivity contribution is 6.03. The second-order valence-electron chi connectivity index (χ2n) is 9.97. The molecule has 196 valence electrons. The Morgan fingerprint density at radius 3 is 2.87 bits per heavy atom. The summed E-state index contributed by atoms with van der Waals surface area (Å²) in [5, 5.41) is 3.09. The van der Waals surface area contributed by atoms with Gasteiger partial charge in [-0.05, 0) is 36.6 Å². The zero-order valence-corrected chi connectivity index (χ0v) is 20.0. The van der Waals surface area contributed by atoms with Crippen LogP contribution >= 0.6 is 0 Å². The third-order valence-electron chi connectivity index (χ3n) is 7.65. The van der Waals surface area contributed by atoms with Gasteiger partial charge in [0.25, 0.3) is 5.91 Å². The first kappa shape index (κ1) is 23.2. The zero-order chi connectivity index (χ0) is 26.2. The zero-order valence-electron chi connectivity index (χ0n) is 20.0. The van der Waals surface area contributed by atoms with Crippen molar-refractivity contribution in [3.05, 3.63) is 64.4 Å². The van der Waals surface area contributed by atoms with E-state index in [-0.39, 0.29) is 30.9 Å². The van der Waals surface area contributed by atoms with Crippen LogP contribution in [0.25, 0.3) is 5.57 Å². The van der Waals surface area contributed by atoms with Gasteiger partial charge in [0.2, 0.25) is 5.96 Å². The number of carbonyl (C=O) groups excluding carboxylic acids is 1. The number of hydrogen-bond acceptors (Lipinski definition) is 5. The molecule has 0 radical (unpaired) electrons. The average molecular weight is 526 g/mol. The minimum atomic E-state index is -4.60. The Bertz CT molecular complexity index is 1450. The molecule has 5 aliphatic rings. The van der Waals surface area contributed by atoms with Crippen LogP contribution in [0, 0.1) is 5.82 Å². The molecule has 8 nitrogen and oxygen atoms in total. The first-order chi connectivity index (χ1) is 18.3.